The van der Waals surface area contributed by atoms with Gasteiger partial charge in [-0.1, -0.05) is 80.4 Å². The fraction of sp³-hybridized carbons (Fsp3) is 0.116. The maximum atomic E-state index is 12.2. The number of rotatable bonds is 7. The number of benzene rings is 6. The van der Waals surface area contributed by atoms with Crippen LogP contribution in [-0.2, 0) is 26.9 Å². The van der Waals surface area contributed by atoms with Gasteiger partial charge in [0.1, 0.15) is 21.2 Å². The van der Waals surface area contributed by atoms with Crippen molar-refractivity contribution in [1.82, 2.24) is 0 Å². The lowest BCUT2D eigenvalue weighted by Gasteiger charge is -2.20. The van der Waals surface area contributed by atoms with Gasteiger partial charge in [0.05, 0.1) is 10.9 Å². The SMILES string of the molecule is CC(Br)C(=O)Oc1ccc([S+]2c3ccccc3Cc3ccc(-c4ccc5c6ccccc6[s+](-c6ccc(OC(=O)C(C)Br)cc6)c5c4)cc32)cc1. The highest BCUT2D eigenvalue weighted by atomic mass is 79.9. The quantitative estimate of drug-likeness (QED) is 0.0694. The minimum absolute atomic E-state index is 0.314. The van der Waals surface area contributed by atoms with Gasteiger partial charge in [-0.3, -0.25) is 9.59 Å². The number of ether oxygens (including phenoxy) is 2. The fourth-order valence-electron chi connectivity index (χ4n) is 6.51. The van der Waals surface area contributed by atoms with Crippen molar-refractivity contribution in [3.63, 3.8) is 0 Å². The Labute approximate surface area is 319 Å². The lowest BCUT2D eigenvalue weighted by Crippen LogP contribution is -2.17. The molecule has 0 spiro atoms. The van der Waals surface area contributed by atoms with Crippen molar-refractivity contribution < 1.29 is 19.1 Å². The van der Waals surface area contributed by atoms with E-state index in [0.717, 1.165) is 6.42 Å². The molecule has 1 aliphatic heterocycles. The Bertz CT molecular complexity index is 2450. The summed E-state index contributed by atoms with van der Waals surface area (Å²) in [5.41, 5.74) is 5.02. The van der Waals surface area contributed by atoms with Crippen LogP contribution in [0, 0.1) is 0 Å². The van der Waals surface area contributed by atoms with Crippen LogP contribution in [0.25, 0.3) is 36.2 Å². The summed E-state index contributed by atoms with van der Waals surface area (Å²) < 4.78 is 13.7. The Balaban J connectivity index is 1.21. The van der Waals surface area contributed by atoms with Gasteiger partial charge in [0, 0.05) is 63.1 Å². The number of fused-ring (bicyclic) bond motifs is 5. The number of hydrogen-bond donors (Lipinski definition) is 0. The molecule has 0 radical (unpaired) electrons. The second-order valence-corrected chi connectivity index (χ2v) is 19.1. The van der Waals surface area contributed by atoms with E-state index < -0.39 is 0 Å². The molecule has 0 saturated carbocycles. The smallest absolute Gasteiger partial charge is 0.324 e. The second kappa shape index (κ2) is 14.1. The van der Waals surface area contributed by atoms with Crippen LogP contribution in [0.3, 0.4) is 0 Å². The molecule has 4 nitrogen and oxygen atoms in total. The third kappa shape index (κ3) is 6.55. The number of carbonyl (C=O) groups is 2. The van der Waals surface area contributed by atoms with Crippen molar-refractivity contribution in [2.45, 2.75) is 44.6 Å². The summed E-state index contributed by atoms with van der Waals surface area (Å²) in [4.78, 5) is 28.6. The van der Waals surface area contributed by atoms with E-state index in [2.05, 4.69) is 141 Å². The molecule has 8 heteroatoms. The zero-order valence-electron chi connectivity index (χ0n) is 27.8. The lowest BCUT2D eigenvalue weighted by atomic mass is 9.99. The van der Waals surface area contributed by atoms with Crippen LogP contribution >= 0.6 is 42.3 Å². The zero-order chi connectivity index (χ0) is 35.2. The summed E-state index contributed by atoms with van der Waals surface area (Å²) in [6.07, 6.45) is 0.886. The van der Waals surface area contributed by atoms with Crippen molar-refractivity contribution in [3.8, 4) is 27.5 Å². The average molecular weight is 837 g/mol. The number of halogens is 2. The minimum Gasteiger partial charge on any atom is -0.426 e. The first-order valence-corrected chi connectivity index (χ1v) is 20.9. The molecule has 1 aliphatic rings. The largest absolute Gasteiger partial charge is 0.426 e. The van der Waals surface area contributed by atoms with Gasteiger partial charge >= 0.3 is 11.9 Å². The van der Waals surface area contributed by atoms with E-state index in [-0.39, 0.29) is 43.0 Å². The molecule has 2 heterocycles. The molecule has 252 valence electrons. The standard InChI is InChI=1S/C43H32Br2O4S2/c1-26(44)42(46)48-32-14-18-34(19-15-32)50-38-9-5-3-7-30(38)23-31-12-11-28(24-40(31)50)29-13-22-37-36-8-4-6-10-39(36)51(41(37)25-29)35-20-16-33(17-21-35)49-43(47)27(2)45/h3-22,24-27H,23H2,1-2H3/q+2. The summed E-state index contributed by atoms with van der Waals surface area (Å²) in [6.45, 7) is 3.52. The molecule has 0 aliphatic carbocycles. The first kappa shape index (κ1) is 33.9. The fourth-order valence-corrected chi connectivity index (χ4v) is 11.5. The summed E-state index contributed by atoms with van der Waals surface area (Å²) in [5, 5.41) is 2.51. The molecule has 51 heavy (non-hydrogen) atoms. The highest BCUT2D eigenvalue weighted by Crippen LogP contribution is 2.50. The predicted molar refractivity (Wildman–Crippen MR) is 217 cm³/mol. The minimum atomic E-state index is -0.376. The van der Waals surface area contributed by atoms with Gasteiger partial charge < -0.3 is 9.47 Å². The first-order valence-electron chi connectivity index (χ1n) is 16.6. The van der Waals surface area contributed by atoms with Crippen molar-refractivity contribution >= 4 is 85.3 Å². The third-order valence-corrected chi connectivity index (χ3v) is 14.5. The molecule has 0 N–H and O–H groups in total. The summed E-state index contributed by atoms with van der Waals surface area (Å²) in [7, 11) is -0.656. The molecule has 1 aromatic heterocycles. The zero-order valence-corrected chi connectivity index (χ0v) is 32.6. The maximum Gasteiger partial charge on any atom is 0.324 e. The van der Waals surface area contributed by atoms with Crippen LogP contribution in [0.2, 0.25) is 0 Å². The number of thiophene rings is 1. The van der Waals surface area contributed by atoms with Gasteiger partial charge in [0.15, 0.2) is 29.0 Å². The van der Waals surface area contributed by atoms with E-state index in [9.17, 15) is 9.59 Å². The summed E-state index contributed by atoms with van der Waals surface area (Å²) >= 11 is 6.59. The molecule has 0 saturated heterocycles. The Kier molecular flexibility index (Phi) is 9.36. The number of hydrogen-bond acceptors (Lipinski definition) is 4. The summed E-state index contributed by atoms with van der Waals surface area (Å²) in [6, 6.07) is 47.1. The highest BCUT2D eigenvalue weighted by molar-refractivity contribution is 9.10. The van der Waals surface area contributed by atoms with Crippen molar-refractivity contribution in [1.29, 1.82) is 0 Å². The van der Waals surface area contributed by atoms with E-state index >= 15 is 0 Å². The summed E-state index contributed by atoms with van der Waals surface area (Å²) in [5.74, 6) is 0.447. The Morgan fingerprint density at radius 3 is 1.80 bits per heavy atom. The number of esters is 2. The molecular formula is C43H32Br2O4S2+2. The van der Waals surface area contributed by atoms with E-state index in [0.29, 0.717) is 11.5 Å². The predicted octanol–water partition coefficient (Wildman–Crippen LogP) is 11.8. The van der Waals surface area contributed by atoms with Crippen LogP contribution in [0.4, 0.5) is 0 Å². The van der Waals surface area contributed by atoms with Crippen LogP contribution < -0.4 is 9.47 Å². The Hall–Kier alpha value is -4.21. The van der Waals surface area contributed by atoms with Crippen LogP contribution in [-0.4, -0.2) is 21.6 Å². The average Bonchev–Trinajstić information content (AvgIpc) is 3.48. The number of carbonyl (C=O) groups excluding carboxylic acids is 2. The van der Waals surface area contributed by atoms with Crippen LogP contribution in [0.1, 0.15) is 25.0 Å². The van der Waals surface area contributed by atoms with E-state index in [1.165, 1.54) is 62.0 Å². The number of alkyl halides is 2. The second-order valence-electron chi connectivity index (χ2n) is 12.4. The van der Waals surface area contributed by atoms with E-state index in [1.54, 1.807) is 13.8 Å². The van der Waals surface area contributed by atoms with Gasteiger partial charge in [-0.2, -0.15) is 0 Å². The molecule has 0 fully saturated rings. The molecular weight excluding hydrogens is 804 g/mol. The van der Waals surface area contributed by atoms with Crippen LogP contribution in [0.5, 0.6) is 11.5 Å². The van der Waals surface area contributed by atoms with Gasteiger partial charge in [0.25, 0.3) is 0 Å². The monoisotopic (exact) mass is 834 g/mol. The molecule has 6 aromatic carbocycles. The van der Waals surface area contributed by atoms with Crippen molar-refractivity contribution in [2.75, 3.05) is 0 Å². The Morgan fingerprint density at radius 1 is 0.569 bits per heavy atom. The molecule has 4 unspecified atom stereocenters. The molecule has 0 amide bonds. The highest BCUT2D eigenvalue weighted by Gasteiger charge is 2.38. The molecule has 8 rings (SSSR count). The van der Waals surface area contributed by atoms with Crippen molar-refractivity contribution in [3.05, 3.63) is 145 Å². The normalized spacial score (nSPS) is 15.1. The third-order valence-electron chi connectivity index (χ3n) is 9.00. The van der Waals surface area contributed by atoms with Crippen LogP contribution in [0.15, 0.2) is 148 Å². The van der Waals surface area contributed by atoms with Gasteiger partial charge in [-0.25, -0.2) is 0 Å². The van der Waals surface area contributed by atoms with Gasteiger partial charge in [0.2, 0.25) is 0 Å². The molecule has 7 aromatic rings. The molecule has 4 atom stereocenters. The first-order chi connectivity index (χ1) is 24.7. The molecule has 0 bridgehead atoms. The Morgan fingerprint density at radius 2 is 1.12 bits per heavy atom. The van der Waals surface area contributed by atoms with E-state index in [4.69, 9.17) is 9.47 Å². The van der Waals surface area contributed by atoms with Gasteiger partial charge in [-0.05, 0) is 85.6 Å². The maximum absolute atomic E-state index is 12.2. The lowest BCUT2D eigenvalue weighted by molar-refractivity contribution is -0.134. The van der Waals surface area contributed by atoms with Crippen molar-refractivity contribution in [2.24, 2.45) is 0 Å². The van der Waals surface area contributed by atoms with E-state index in [1.807, 2.05) is 24.3 Å². The van der Waals surface area contributed by atoms with Gasteiger partial charge in [-0.15, -0.1) is 0 Å². The topological polar surface area (TPSA) is 52.6 Å².